The van der Waals surface area contributed by atoms with Crippen LogP contribution in [0.25, 0.3) is 60.8 Å². The Morgan fingerprint density at radius 2 is 1.30 bits per heavy atom. The molecular formula is C26H14FN3. The highest BCUT2D eigenvalue weighted by molar-refractivity contribution is 6.17. The Bertz CT molecular complexity index is 1610. The van der Waals surface area contributed by atoms with Gasteiger partial charge in [0.1, 0.15) is 11.5 Å². The molecule has 0 saturated carbocycles. The quantitative estimate of drug-likeness (QED) is 0.321. The highest BCUT2D eigenvalue weighted by atomic mass is 19.1. The van der Waals surface area contributed by atoms with Gasteiger partial charge >= 0.3 is 0 Å². The van der Waals surface area contributed by atoms with Gasteiger partial charge in [-0.25, -0.2) is 4.39 Å². The molecule has 0 N–H and O–H groups in total. The van der Waals surface area contributed by atoms with Gasteiger partial charge in [-0.1, -0.05) is 54.6 Å². The largest absolute Gasteiger partial charge is 0.309 e. The number of fused-ring (bicyclic) bond motifs is 6. The maximum absolute atomic E-state index is 15.6. The van der Waals surface area contributed by atoms with Crippen molar-refractivity contribution in [1.29, 1.82) is 0 Å². The van der Waals surface area contributed by atoms with E-state index in [0.29, 0.717) is 11.3 Å². The van der Waals surface area contributed by atoms with Crippen LogP contribution in [-0.4, -0.2) is 14.5 Å². The zero-order valence-electron chi connectivity index (χ0n) is 15.8. The lowest BCUT2D eigenvalue weighted by molar-refractivity contribution is 0.632. The molecule has 2 aromatic heterocycles. The first-order chi connectivity index (χ1) is 14.8. The Morgan fingerprint density at radius 1 is 0.667 bits per heavy atom. The zero-order valence-corrected chi connectivity index (χ0v) is 15.8. The minimum atomic E-state index is -0.272. The van der Waals surface area contributed by atoms with E-state index in [-0.39, 0.29) is 5.82 Å². The van der Waals surface area contributed by atoms with Crippen molar-refractivity contribution in [2.75, 3.05) is 0 Å². The number of hydrogen-bond donors (Lipinski definition) is 0. The second kappa shape index (κ2) is 5.51. The molecule has 2 heterocycles. The predicted molar refractivity (Wildman–Crippen MR) is 118 cm³/mol. The van der Waals surface area contributed by atoms with E-state index in [1.54, 1.807) is 18.5 Å². The summed E-state index contributed by atoms with van der Waals surface area (Å²) in [7, 11) is 0. The van der Waals surface area contributed by atoms with Crippen LogP contribution >= 0.6 is 0 Å². The SMILES string of the molecule is Fc1cc(-n2c3ccccc3c3ccccc32)c2cccc3c2c1-c1nccnc1-3. The van der Waals surface area contributed by atoms with Crippen LogP contribution in [0.15, 0.2) is 85.2 Å². The zero-order chi connectivity index (χ0) is 19.8. The van der Waals surface area contributed by atoms with Gasteiger partial charge in [-0.15, -0.1) is 0 Å². The van der Waals surface area contributed by atoms with Gasteiger partial charge in [0.25, 0.3) is 0 Å². The molecule has 1 aliphatic rings. The summed E-state index contributed by atoms with van der Waals surface area (Å²) in [5.74, 6) is -0.272. The molecule has 7 rings (SSSR count). The van der Waals surface area contributed by atoms with Crippen molar-refractivity contribution in [3.63, 3.8) is 0 Å². The lowest BCUT2D eigenvalue weighted by Crippen LogP contribution is -1.98. The molecule has 140 valence electrons. The van der Waals surface area contributed by atoms with Crippen LogP contribution in [0, 0.1) is 5.82 Å². The summed E-state index contributed by atoms with van der Waals surface area (Å²) >= 11 is 0. The molecule has 4 aromatic carbocycles. The number of nitrogens with zero attached hydrogens (tertiary/aromatic N) is 3. The normalized spacial score (nSPS) is 12.2. The van der Waals surface area contributed by atoms with Crippen molar-refractivity contribution in [2.45, 2.75) is 0 Å². The van der Waals surface area contributed by atoms with Crippen molar-refractivity contribution in [3.05, 3.63) is 91.0 Å². The molecule has 0 atom stereocenters. The molecule has 4 heteroatoms. The second-order valence-corrected chi connectivity index (χ2v) is 7.60. The number of halogens is 1. The first kappa shape index (κ1) is 15.8. The average molecular weight is 387 g/mol. The van der Waals surface area contributed by atoms with Gasteiger partial charge in [0, 0.05) is 45.1 Å². The molecule has 3 nitrogen and oxygen atoms in total. The van der Waals surface area contributed by atoms with Crippen LogP contribution in [0.5, 0.6) is 0 Å². The molecule has 0 fully saturated rings. The fourth-order valence-corrected chi connectivity index (χ4v) is 4.94. The Labute approximate surface area is 171 Å². The second-order valence-electron chi connectivity index (χ2n) is 7.60. The van der Waals surface area contributed by atoms with Gasteiger partial charge in [0.2, 0.25) is 0 Å². The Hall–Kier alpha value is -4.05. The molecule has 0 radical (unpaired) electrons. The third-order valence-corrected chi connectivity index (χ3v) is 6.10. The first-order valence-electron chi connectivity index (χ1n) is 9.88. The standard InChI is InChI=1S/C26H14FN3/c27-19-14-22(30-20-10-3-1-6-15(20)16-7-2-4-11-21(16)30)17-8-5-9-18-23(17)24(19)26-25(18)28-12-13-29-26/h1-14H. The minimum absolute atomic E-state index is 0.272. The summed E-state index contributed by atoms with van der Waals surface area (Å²) in [5.41, 5.74) is 5.81. The summed E-state index contributed by atoms with van der Waals surface area (Å²) in [6, 6.07) is 24.3. The monoisotopic (exact) mass is 387 g/mol. The van der Waals surface area contributed by atoms with Crippen molar-refractivity contribution in [1.82, 2.24) is 14.5 Å². The smallest absolute Gasteiger partial charge is 0.135 e. The summed E-state index contributed by atoms with van der Waals surface area (Å²) in [4.78, 5) is 8.94. The topological polar surface area (TPSA) is 30.7 Å². The summed E-state index contributed by atoms with van der Waals surface area (Å²) in [6.07, 6.45) is 3.28. The van der Waals surface area contributed by atoms with Crippen molar-refractivity contribution in [2.24, 2.45) is 0 Å². The third-order valence-electron chi connectivity index (χ3n) is 6.10. The highest BCUT2D eigenvalue weighted by Gasteiger charge is 2.29. The maximum atomic E-state index is 15.6. The summed E-state index contributed by atoms with van der Waals surface area (Å²) in [6.45, 7) is 0. The van der Waals surface area contributed by atoms with E-state index in [0.717, 1.165) is 49.5 Å². The molecule has 1 aliphatic carbocycles. The fraction of sp³-hybridized carbons (Fsp3) is 0. The highest BCUT2D eigenvalue weighted by Crippen LogP contribution is 2.48. The van der Waals surface area contributed by atoms with Crippen LogP contribution < -0.4 is 0 Å². The van der Waals surface area contributed by atoms with Crippen molar-refractivity contribution >= 4 is 32.6 Å². The molecule has 0 spiro atoms. The lowest BCUT2D eigenvalue weighted by Gasteiger charge is -2.13. The van der Waals surface area contributed by atoms with E-state index < -0.39 is 0 Å². The van der Waals surface area contributed by atoms with Gasteiger partial charge in [-0.3, -0.25) is 9.97 Å². The summed E-state index contributed by atoms with van der Waals surface area (Å²) in [5, 5.41) is 4.19. The van der Waals surface area contributed by atoms with E-state index in [1.165, 1.54) is 0 Å². The maximum Gasteiger partial charge on any atom is 0.135 e. The summed E-state index contributed by atoms with van der Waals surface area (Å²) < 4.78 is 17.8. The minimum Gasteiger partial charge on any atom is -0.309 e. The number of para-hydroxylation sites is 2. The molecule has 0 amide bonds. The van der Waals surface area contributed by atoms with Crippen LogP contribution in [0.4, 0.5) is 4.39 Å². The van der Waals surface area contributed by atoms with Crippen LogP contribution in [0.1, 0.15) is 0 Å². The predicted octanol–water partition coefficient (Wildman–Crippen LogP) is 6.51. The van der Waals surface area contributed by atoms with Crippen LogP contribution in [-0.2, 0) is 0 Å². The number of benzene rings is 4. The average Bonchev–Trinajstić information content (AvgIpc) is 3.31. The van der Waals surface area contributed by atoms with E-state index in [9.17, 15) is 0 Å². The van der Waals surface area contributed by atoms with E-state index in [2.05, 4.69) is 44.9 Å². The van der Waals surface area contributed by atoms with E-state index >= 15 is 4.39 Å². The molecule has 0 bridgehead atoms. The van der Waals surface area contributed by atoms with E-state index in [1.807, 2.05) is 36.4 Å². The van der Waals surface area contributed by atoms with Crippen LogP contribution in [0.3, 0.4) is 0 Å². The van der Waals surface area contributed by atoms with Gasteiger partial charge in [-0.2, -0.15) is 0 Å². The van der Waals surface area contributed by atoms with Gasteiger partial charge in [-0.05, 0) is 18.2 Å². The lowest BCUT2D eigenvalue weighted by atomic mass is 10.0. The van der Waals surface area contributed by atoms with Gasteiger partial charge in [0.05, 0.1) is 22.4 Å². The Balaban J connectivity index is 1.70. The molecule has 0 aliphatic heterocycles. The van der Waals surface area contributed by atoms with Crippen LogP contribution in [0.2, 0.25) is 0 Å². The first-order valence-corrected chi connectivity index (χ1v) is 9.88. The molecule has 0 unspecified atom stereocenters. The number of rotatable bonds is 1. The van der Waals surface area contributed by atoms with E-state index in [4.69, 9.17) is 0 Å². The van der Waals surface area contributed by atoms with Gasteiger partial charge < -0.3 is 4.57 Å². The number of hydrogen-bond acceptors (Lipinski definition) is 2. The molecule has 30 heavy (non-hydrogen) atoms. The third kappa shape index (κ3) is 1.83. The Kier molecular flexibility index (Phi) is 2.91. The fourth-order valence-electron chi connectivity index (χ4n) is 4.94. The Morgan fingerprint density at radius 3 is 2.03 bits per heavy atom. The molecule has 0 saturated heterocycles. The van der Waals surface area contributed by atoms with Crippen molar-refractivity contribution < 1.29 is 4.39 Å². The molecular weight excluding hydrogens is 373 g/mol. The van der Waals surface area contributed by atoms with Gasteiger partial charge in [0.15, 0.2) is 0 Å². The van der Waals surface area contributed by atoms with Crippen molar-refractivity contribution in [3.8, 4) is 28.2 Å². The number of aromatic nitrogens is 3. The molecule has 6 aromatic rings.